The van der Waals surface area contributed by atoms with Crippen LogP contribution in [0.3, 0.4) is 0 Å². The molecule has 2 heterocycles. The molecule has 0 aromatic heterocycles. The first kappa shape index (κ1) is 15.9. The fourth-order valence-corrected chi connectivity index (χ4v) is 3.97. The van der Waals surface area contributed by atoms with Gasteiger partial charge in [0, 0.05) is 12.3 Å². The number of allylic oxidation sites excluding steroid dienone is 1. The van der Waals surface area contributed by atoms with Crippen LogP contribution >= 0.6 is 11.8 Å². The minimum absolute atomic E-state index is 0.174. The molecule has 0 unspecified atom stereocenters. The molecule has 0 spiro atoms. The van der Waals surface area contributed by atoms with E-state index in [1.165, 1.54) is 0 Å². The topological polar surface area (TPSA) is 51.1 Å². The first-order valence-corrected chi connectivity index (χ1v) is 8.64. The predicted octanol–water partition coefficient (Wildman–Crippen LogP) is 2.99. The van der Waals surface area contributed by atoms with E-state index in [4.69, 9.17) is 9.47 Å². The Bertz CT molecular complexity index is 684. The van der Waals surface area contributed by atoms with Gasteiger partial charge < -0.3 is 14.4 Å². The number of amidine groups is 1. The summed E-state index contributed by atoms with van der Waals surface area (Å²) in [5, 5.41) is 0.975. The lowest BCUT2D eigenvalue weighted by atomic mass is 9.94. The Labute approximate surface area is 140 Å². The minimum Gasteiger partial charge on any atom is -0.497 e. The third kappa shape index (κ3) is 2.95. The van der Waals surface area contributed by atoms with Crippen LogP contribution in [0.5, 0.6) is 5.75 Å². The molecule has 0 radical (unpaired) electrons. The highest BCUT2D eigenvalue weighted by atomic mass is 32.2. The molecule has 1 atom stereocenters. The van der Waals surface area contributed by atoms with Crippen molar-refractivity contribution in [2.24, 2.45) is 4.99 Å². The third-order valence-corrected chi connectivity index (χ3v) is 4.92. The van der Waals surface area contributed by atoms with Gasteiger partial charge in [-0.3, -0.25) is 0 Å². The molecule has 0 bridgehead atoms. The van der Waals surface area contributed by atoms with Crippen molar-refractivity contribution in [3.05, 3.63) is 41.1 Å². The standard InChI is InChI=1S/C17H20N2O3S/c1-4-22-16(20)14-11(2)18-17-19(8-9-23-17)15(14)12-6-5-7-13(10-12)21-3/h5-7,10,15H,4,8-9H2,1-3H3/t15-/m1/s1. The third-order valence-electron chi connectivity index (χ3n) is 3.95. The van der Waals surface area contributed by atoms with Gasteiger partial charge in [-0.2, -0.15) is 0 Å². The molecule has 2 aliphatic heterocycles. The number of carbonyl (C=O) groups is 1. The summed E-state index contributed by atoms with van der Waals surface area (Å²) in [6.45, 7) is 4.91. The maximum Gasteiger partial charge on any atom is 0.338 e. The number of ether oxygens (including phenoxy) is 2. The Kier molecular flexibility index (Phi) is 4.61. The van der Waals surface area contributed by atoms with Gasteiger partial charge in [0.1, 0.15) is 5.75 Å². The van der Waals surface area contributed by atoms with Crippen LogP contribution in [0.4, 0.5) is 0 Å². The van der Waals surface area contributed by atoms with Gasteiger partial charge in [0.15, 0.2) is 5.17 Å². The molecule has 6 heteroatoms. The van der Waals surface area contributed by atoms with Crippen LogP contribution in [0.25, 0.3) is 0 Å². The van der Waals surface area contributed by atoms with E-state index >= 15 is 0 Å². The normalized spacial score (nSPS) is 20.2. The minimum atomic E-state index is -0.294. The number of aliphatic imine (C=N–C) groups is 1. The van der Waals surface area contributed by atoms with E-state index < -0.39 is 0 Å². The second-order valence-corrected chi connectivity index (χ2v) is 6.40. The number of thioether (sulfide) groups is 1. The van der Waals surface area contributed by atoms with E-state index in [2.05, 4.69) is 9.89 Å². The van der Waals surface area contributed by atoms with Crippen LogP contribution in [0.15, 0.2) is 40.5 Å². The number of nitrogens with zero attached hydrogens (tertiary/aromatic N) is 2. The van der Waals surface area contributed by atoms with E-state index in [1.807, 2.05) is 38.1 Å². The zero-order valence-electron chi connectivity index (χ0n) is 13.5. The number of esters is 1. The SMILES string of the molecule is CCOC(=O)C1=C(C)N=C2SCCN2[C@@H]1c1cccc(OC)c1. The van der Waals surface area contributed by atoms with Crippen LogP contribution < -0.4 is 4.74 Å². The Morgan fingerprint density at radius 2 is 2.30 bits per heavy atom. The Morgan fingerprint density at radius 1 is 1.48 bits per heavy atom. The van der Waals surface area contributed by atoms with E-state index in [1.54, 1.807) is 18.9 Å². The average Bonchev–Trinajstić information content (AvgIpc) is 3.01. The van der Waals surface area contributed by atoms with Gasteiger partial charge in [-0.05, 0) is 31.5 Å². The van der Waals surface area contributed by atoms with Crippen LogP contribution in [-0.4, -0.2) is 42.1 Å². The molecular weight excluding hydrogens is 312 g/mol. The summed E-state index contributed by atoms with van der Waals surface area (Å²) in [5.41, 5.74) is 2.37. The number of hydrogen-bond donors (Lipinski definition) is 0. The summed E-state index contributed by atoms with van der Waals surface area (Å²) < 4.78 is 10.6. The largest absolute Gasteiger partial charge is 0.497 e. The lowest BCUT2D eigenvalue weighted by molar-refractivity contribution is -0.139. The quantitative estimate of drug-likeness (QED) is 0.794. The van der Waals surface area contributed by atoms with Crippen molar-refractivity contribution in [1.29, 1.82) is 0 Å². The highest BCUT2D eigenvalue weighted by molar-refractivity contribution is 8.14. The van der Waals surface area contributed by atoms with Crippen molar-refractivity contribution in [3.8, 4) is 5.75 Å². The molecule has 0 amide bonds. The van der Waals surface area contributed by atoms with Crippen molar-refractivity contribution in [3.63, 3.8) is 0 Å². The van der Waals surface area contributed by atoms with Crippen molar-refractivity contribution < 1.29 is 14.3 Å². The number of carbonyl (C=O) groups excluding carboxylic acids is 1. The van der Waals surface area contributed by atoms with E-state index in [-0.39, 0.29) is 12.0 Å². The first-order valence-electron chi connectivity index (χ1n) is 7.65. The summed E-state index contributed by atoms with van der Waals surface area (Å²) in [4.78, 5) is 19.3. The van der Waals surface area contributed by atoms with Gasteiger partial charge in [0.05, 0.1) is 31.0 Å². The van der Waals surface area contributed by atoms with Gasteiger partial charge in [-0.1, -0.05) is 23.9 Å². The molecule has 0 N–H and O–H groups in total. The molecule has 3 rings (SSSR count). The Hall–Kier alpha value is -1.95. The molecule has 0 aliphatic carbocycles. The van der Waals surface area contributed by atoms with Crippen LogP contribution in [0, 0.1) is 0 Å². The number of fused-ring (bicyclic) bond motifs is 1. The fraction of sp³-hybridized carbons (Fsp3) is 0.412. The molecule has 1 saturated heterocycles. The van der Waals surface area contributed by atoms with Gasteiger partial charge in [0.2, 0.25) is 0 Å². The smallest absolute Gasteiger partial charge is 0.338 e. The van der Waals surface area contributed by atoms with Crippen molar-refractivity contribution >= 4 is 22.9 Å². The summed E-state index contributed by atoms with van der Waals surface area (Å²) in [7, 11) is 1.64. The highest BCUT2D eigenvalue weighted by Crippen LogP contribution is 2.41. The van der Waals surface area contributed by atoms with E-state index in [9.17, 15) is 4.79 Å². The van der Waals surface area contributed by atoms with Crippen LogP contribution in [0.1, 0.15) is 25.5 Å². The first-order chi connectivity index (χ1) is 11.2. The molecule has 1 aromatic rings. The fourth-order valence-electron chi connectivity index (χ4n) is 2.93. The highest BCUT2D eigenvalue weighted by Gasteiger charge is 2.38. The number of hydrogen-bond acceptors (Lipinski definition) is 6. The second-order valence-electron chi connectivity index (χ2n) is 5.33. The maximum atomic E-state index is 12.5. The Balaban J connectivity index is 2.08. The van der Waals surface area contributed by atoms with Gasteiger partial charge in [-0.15, -0.1) is 0 Å². The molecule has 1 fully saturated rings. The summed E-state index contributed by atoms with van der Waals surface area (Å²) >= 11 is 1.72. The zero-order chi connectivity index (χ0) is 16.4. The van der Waals surface area contributed by atoms with Crippen molar-refractivity contribution in [2.75, 3.05) is 26.0 Å². The molecule has 23 heavy (non-hydrogen) atoms. The monoisotopic (exact) mass is 332 g/mol. The van der Waals surface area contributed by atoms with Gasteiger partial charge in [-0.25, -0.2) is 9.79 Å². The van der Waals surface area contributed by atoms with Crippen LogP contribution in [-0.2, 0) is 9.53 Å². The molecule has 2 aliphatic rings. The second kappa shape index (κ2) is 6.66. The molecule has 122 valence electrons. The van der Waals surface area contributed by atoms with Crippen molar-refractivity contribution in [1.82, 2.24) is 4.90 Å². The lowest BCUT2D eigenvalue weighted by Crippen LogP contribution is -2.36. The number of benzene rings is 1. The van der Waals surface area contributed by atoms with E-state index in [0.717, 1.165) is 34.5 Å². The summed E-state index contributed by atoms with van der Waals surface area (Å²) in [6.07, 6.45) is 0. The van der Waals surface area contributed by atoms with Gasteiger partial charge in [0.25, 0.3) is 0 Å². The molecular formula is C17H20N2O3S. The van der Waals surface area contributed by atoms with Gasteiger partial charge >= 0.3 is 5.97 Å². The lowest BCUT2D eigenvalue weighted by Gasteiger charge is -2.34. The van der Waals surface area contributed by atoms with Crippen molar-refractivity contribution in [2.45, 2.75) is 19.9 Å². The molecule has 0 saturated carbocycles. The molecule has 5 nitrogen and oxygen atoms in total. The van der Waals surface area contributed by atoms with Crippen LogP contribution in [0.2, 0.25) is 0 Å². The summed E-state index contributed by atoms with van der Waals surface area (Å²) in [6, 6.07) is 7.67. The summed E-state index contributed by atoms with van der Waals surface area (Å²) in [5.74, 6) is 1.46. The molecule has 1 aromatic carbocycles. The maximum absolute atomic E-state index is 12.5. The number of methoxy groups -OCH3 is 1. The number of rotatable bonds is 4. The predicted molar refractivity (Wildman–Crippen MR) is 91.7 cm³/mol. The Morgan fingerprint density at radius 3 is 3.04 bits per heavy atom. The zero-order valence-corrected chi connectivity index (χ0v) is 14.4. The average molecular weight is 332 g/mol. The van der Waals surface area contributed by atoms with E-state index in [0.29, 0.717) is 12.2 Å².